The van der Waals surface area contributed by atoms with Crippen molar-refractivity contribution >= 4 is 25.0 Å². The molecule has 0 aromatic heterocycles. The summed E-state index contributed by atoms with van der Waals surface area (Å²) < 4.78 is 7.21. The quantitative estimate of drug-likeness (QED) is 0.557. The van der Waals surface area contributed by atoms with Crippen LogP contribution >= 0.6 is 0 Å². The fourth-order valence-electron chi connectivity index (χ4n) is 5.43. The molecule has 0 N–H and O–H groups in total. The van der Waals surface area contributed by atoms with Crippen LogP contribution in [-0.2, 0) is 9.22 Å². The van der Waals surface area contributed by atoms with Crippen LogP contribution in [-0.4, -0.2) is 20.7 Å². The Balaban J connectivity index is 1.70. The minimum atomic E-state index is -2.43. The molecule has 0 spiro atoms. The van der Waals surface area contributed by atoms with Crippen LogP contribution < -0.4 is 10.4 Å². The smallest absolute Gasteiger partial charge is 0.261 e. The van der Waals surface area contributed by atoms with Gasteiger partial charge in [-0.05, 0) is 46.0 Å². The lowest BCUT2D eigenvalue weighted by Crippen LogP contribution is -2.67. The maximum atomic E-state index is 10.9. The zero-order valence-electron chi connectivity index (χ0n) is 16.6. The largest absolute Gasteiger partial charge is 0.404 e. The summed E-state index contributed by atoms with van der Waals surface area (Å²) in [4.78, 5) is 10.9. The Bertz CT molecular complexity index is 730. The monoisotopic (exact) mass is 378 g/mol. The zero-order valence-corrected chi connectivity index (χ0v) is 17.6. The highest BCUT2D eigenvalue weighted by atomic mass is 28.4. The lowest BCUT2D eigenvalue weighted by Gasteiger charge is -2.45. The minimum absolute atomic E-state index is 0.0324. The fourth-order valence-corrected chi connectivity index (χ4v) is 10.1. The van der Waals surface area contributed by atoms with Crippen molar-refractivity contribution in [2.45, 2.75) is 51.2 Å². The molecule has 2 nitrogen and oxygen atoms in total. The Hall–Kier alpha value is -1.71. The molecule has 2 aliphatic rings. The summed E-state index contributed by atoms with van der Waals surface area (Å²) in [6.45, 7) is 7.01. The highest BCUT2D eigenvalue weighted by Crippen LogP contribution is 2.60. The van der Waals surface area contributed by atoms with E-state index in [1.54, 1.807) is 0 Å². The normalized spacial score (nSPS) is 27.2. The molecule has 2 aromatic carbocycles. The SMILES string of the molecule is CC(C)(C)[Si](OC1CC2C(CC=O)C2C1)(c1ccccc1)c1ccccc1. The van der Waals surface area contributed by atoms with Crippen LogP contribution in [0.25, 0.3) is 0 Å². The van der Waals surface area contributed by atoms with Gasteiger partial charge in [-0.2, -0.15) is 0 Å². The number of fused-ring (bicyclic) bond motifs is 1. The average molecular weight is 379 g/mol. The predicted molar refractivity (Wildman–Crippen MR) is 113 cm³/mol. The first-order valence-corrected chi connectivity index (χ1v) is 12.1. The van der Waals surface area contributed by atoms with Crippen molar-refractivity contribution in [3.05, 3.63) is 60.7 Å². The first-order chi connectivity index (χ1) is 13.0. The van der Waals surface area contributed by atoms with Gasteiger partial charge in [-0.25, -0.2) is 0 Å². The molecule has 0 amide bonds. The highest BCUT2D eigenvalue weighted by Gasteiger charge is 2.59. The molecule has 2 aromatic rings. The van der Waals surface area contributed by atoms with Crippen molar-refractivity contribution in [3.8, 4) is 0 Å². The standard InChI is InChI=1S/C24H30O2Si/c1-24(2,3)27(19-10-6-4-7-11-19,20-12-8-5-9-13-20)26-18-16-22-21(14-15-25)23(22)17-18/h4-13,15,18,21-23H,14,16-17H2,1-3H3. The van der Waals surface area contributed by atoms with Crippen LogP contribution in [0.5, 0.6) is 0 Å². The average Bonchev–Trinajstić information content (AvgIpc) is 3.11. The van der Waals surface area contributed by atoms with Crippen LogP contribution in [0.2, 0.25) is 5.04 Å². The molecule has 27 heavy (non-hydrogen) atoms. The molecule has 0 saturated heterocycles. The molecule has 0 heterocycles. The Labute approximate surface area is 164 Å². The van der Waals surface area contributed by atoms with Crippen molar-refractivity contribution in [1.82, 2.24) is 0 Å². The van der Waals surface area contributed by atoms with Gasteiger partial charge in [-0.3, -0.25) is 0 Å². The zero-order chi connectivity index (χ0) is 19.1. The van der Waals surface area contributed by atoms with E-state index < -0.39 is 8.32 Å². The molecule has 2 atom stereocenters. The third-order valence-corrected chi connectivity index (χ3v) is 11.8. The van der Waals surface area contributed by atoms with Gasteiger partial charge >= 0.3 is 0 Å². The molecule has 0 radical (unpaired) electrons. The summed E-state index contributed by atoms with van der Waals surface area (Å²) >= 11 is 0. The van der Waals surface area contributed by atoms with E-state index in [9.17, 15) is 4.79 Å². The fraction of sp³-hybridized carbons (Fsp3) is 0.458. The maximum absolute atomic E-state index is 10.9. The van der Waals surface area contributed by atoms with E-state index in [1.165, 1.54) is 10.4 Å². The lowest BCUT2D eigenvalue weighted by molar-refractivity contribution is -0.108. The van der Waals surface area contributed by atoms with Gasteiger partial charge in [0.15, 0.2) is 0 Å². The second kappa shape index (κ2) is 7.03. The molecule has 2 unspecified atom stereocenters. The first kappa shape index (κ1) is 18.6. The number of benzene rings is 2. The van der Waals surface area contributed by atoms with E-state index in [2.05, 4.69) is 81.4 Å². The van der Waals surface area contributed by atoms with Crippen molar-refractivity contribution in [1.29, 1.82) is 0 Å². The molecule has 2 fully saturated rings. The third kappa shape index (κ3) is 3.21. The van der Waals surface area contributed by atoms with E-state index in [1.807, 2.05) is 0 Å². The van der Waals surface area contributed by atoms with Crippen LogP contribution in [0.15, 0.2) is 60.7 Å². The van der Waals surface area contributed by atoms with Crippen molar-refractivity contribution in [2.24, 2.45) is 17.8 Å². The summed E-state index contributed by atoms with van der Waals surface area (Å²) in [5.74, 6) is 2.04. The Kier molecular flexibility index (Phi) is 4.85. The van der Waals surface area contributed by atoms with E-state index in [4.69, 9.17) is 4.43 Å². The maximum Gasteiger partial charge on any atom is 0.261 e. The molecule has 3 heteroatoms. The van der Waals surface area contributed by atoms with E-state index in [0.717, 1.165) is 25.5 Å². The molecular formula is C24H30O2Si. The number of hydrogen-bond acceptors (Lipinski definition) is 2. The van der Waals surface area contributed by atoms with Gasteiger partial charge < -0.3 is 9.22 Å². The second-order valence-electron chi connectivity index (χ2n) is 9.27. The summed E-state index contributed by atoms with van der Waals surface area (Å²) in [5.41, 5.74) is 0. The Morgan fingerprint density at radius 2 is 1.41 bits per heavy atom. The van der Waals surface area contributed by atoms with Crippen LogP contribution in [0, 0.1) is 17.8 Å². The number of carbonyl (C=O) groups is 1. The van der Waals surface area contributed by atoms with Gasteiger partial charge in [0, 0.05) is 12.5 Å². The molecular weight excluding hydrogens is 348 g/mol. The molecule has 0 aliphatic heterocycles. The van der Waals surface area contributed by atoms with Gasteiger partial charge in [0.2, 0.25) is 0 Å². The second-order valence-corrected chi connectivity index (χ2v) is 13.5. The first-order valence-electron chi connectivity index (χ1n) is 10.2. The van der Waals surface area contributed by atoms with E-state index >= 15 is 0 Å². The Morgan fingerprint density at radius 1 is 0.926 bits per heavy atom. The number of hydrogen-bond donors (Lipinski definition) is 0. The van der Waals surface area contributed by atoms with Gasteiger partial charge in [0.1, 0.15) is 6.29 Å². The topological polar surface area (TPSA) is 26.3 Å². The molecule has 0 bridgehead atoms. The van der Waals surface area contributed by atoms with E-state index in [0.29, 0.717) is 23.9 Å². The van der Waals surface area contributed by atoms with Crippen molar-refractivity contribution in [2.75, 3.05) is 0 Å². The van der Waals surface area contributed by atoms with Crippen LogP contribution in [0.4, 0.5) is 0 Å². The lowest BCUT2D eigenvalue weighted by atomic mass is 10.1. The van der Waals surface area contributed by atoms with Crippen molar-refractivity contribution < 1.29 is 9.22 Å². The highest BCUT2D eigenvalue weighted by molar-refractivity contribution is 6.99. The minimum Gasteiger partial charge on any atom is -0.404 e. The van der Waals surface area contributed by atoms with Gasteiger partial charge in [-0.1, -0.05) is 81.4 Å². The summed E-state index contributed by atoms with van der Waals surface area (Å²) in [6.07, 6.45) is 4.39. The number of aldehydes is 1. The van der Waals surface area contributed by atoms with E-state index in [-0.39, 0.29) is 5.04 Å². The van der Waals surface area contributed by atoms with Gasteiger partial charge in [-0.15, -0.1) is 0 Å². The number of rotatable bonds is 6. The van der Waals surface area contributed by atoms with Crippen molar-refractivity contribution in [3.63, 3.8) is 0 Å². The molecule has 142 valence electrons. The predicted octanol–water partition coefficient (Wildman–Crippen LogP) is 4.18. The molecule has 4 rings (SSSR count). The summed E-state index contributed by atoms with van der Waals surface area (Å²) in [7, 11) is -2.43. The molecule has 2 saturated carbocycles. The van der Waals surface area contributed by atoms with Gasteiger partial charge in [0.25, 0.3) is 8.32 Å². The third-order valence-electron chi connectivity index (χ3n) is 6.71. The number of carbonyl (C=O) groups excluding carboxylic acids is 1. The molecule has 2 aliphatic carbocycles. The summed E-state index contributed by atoms with van der Waals surface area (Å²) in [6, 6.07) is 21.8. The van der Waals surface area contributed by atoms with Gasteiger partial charge in [0.05, 0.1) is 0 Å². The van der Waals surface area contributed by atoms with Crippen LogP contribution in [0.3, 0.4) is 0 Å². The van der Waals surface area contributed by atoms with Crippen LogP contribution in [0.1, 0.15) is 40.0 Å². The Morgan fingerprint density at radius 3 is 1.81 bits per heavy atom. The summed E-state index contributed by atoms with van der Waals surface area (Å²) in [5, 5.41) is 2.74.